The van der Waals surface area contributed by atoms with E-state index >= 15 is 0 Å². The number of hydrogen-bond acceptors (Lipinski definition) is 7. The summed E-state index contributed by atoms with van der Waals surface area (Å²) in [5, 5.41) is 9.37. The maximum Gasteiger partial charge on any atom is 0.287 e. The quantitative estimate of drug-likeness (QED) is 0.442. The van der Waals surface area contributed by atoms with Gasteiger partial charge in [-0.3, -0.25) is 9.59 Å². The smallest absolute Gasteiger partial charge is 0.287 e. The molecule has 174 valence electrons. The van der Waals surface area contributed by atoms with Gasteiger partial charge in [0, 0.05) is 42.8 Å². The minimum atomic E-state index is -0.287. The van der Waals surface area contributed by atoms with E-state index in [0.717, 1.165) is 36.9 Å². The molecule has 1 aromatic carbocycles. The molecule has 4 aromatic rings. The highest BCUT2D eigenvalue weighted by atomic mass is 32.1. The molecule has 1 N–H and O–H groups in total. The molecule has 1 aliphatic heterocycles. The molecule has 0 bridgehead atoms. The molecule has 0 radical (unpaired) electrons. The number of para-hydroxylation sites is 1. The van der Waals surface area contributed by atoms with Crippen molar-refractivity contribution in [3.8, 4) is 0 Å². The van der Waals surface area contributed by atoms with Crippen molar-refractivity contribution in [3.05, 3.63) is 98.9 Å². The highest BCUT2D eigenvalue weighted by Crippen LogP contribution is 2.18. The minimum Gasteiger partial charge on any atom is -0.454 e. The van der Waals surface area contributed by atoms with Crippen LogP contribution in [-0.2, 0) is 13.1 Å². The zero-order valence-corrected chi connectivity index (χ0v) is 19.4. The van der Waals surface area contributed by atoms with Gasteiger partial charge < -0.3 is 19.5 Å². The van der Waals surface area contributed by atoms with E-state index < -0.39 is 0 Å². The Labute approximate surface area is 201 Å². The second-order valence-electron chi connectivity index (χ2n) is 8.03. The second-order valence-corrected chi connectivity index (χ2v) is 9.06. The van der Waals surface area contributed by atoms with Gasteiger partial charge in [-0.25, -0.2) is 4.68 Å². The normalized spacial score (nSPS) is 13.8. The average Bonchev–Trinajstić information content (AvgIpc) is 3.57. The number of furan rings is 1. The fourth-order valence-electron chi connectivity index (χ4n) is 3.95. The van der Waals surface area contributed by atoms with Crippen molar-refractivity contribution >= 4 is 28.7 Å². The molecule has 1 saturated heterocycles. The van der Waals surface area contributed by atoms with E-state index in [9.17, 15) is 9.59 Å². The number of nitrogens with zero attached hydrogens (tertiary/aromatic N) is 4. The number of thiophene rings is 1. The SMILES string of the molecule is O=C(NCc1cccs1)c1ccc(Cn2nc(N3CCN(c4ccccc4)CC3)ccc2=O)o1. The van der Waals surface area contributed by atoms with E-state index in [0.29, 0.717) is 12.3 Å². The summed E-state index contributed by atoms with van der Waals surface area (Å²) < 4.78 is 7.07. The minimum absolute atomic E-state index is 0.162. The maximum absolute atomic E-state index is 12.4. The molecule has 34 heavy (non-hydrogen) atoms. The number of piperazine rings is 1. The van der Waals surface area contributed by atoms with Crippen molar-refractivity contribution in [3.63, 3.8) is 0 Å². The lowest BCUT2D eigenvalue weighted by atomic mass is 10.2. The average molecular weight is 476 g/mol. The van der Waals surface area contributed by atoms with Gasteiger partial charge in [0.2, 0.25) is 0 Å². The molecular formula is C25H25N5O3S. The number of carbonyl (C=O) groups is 1. The van der Waals surface area contributed by atoms with E-state index in [1.807, 2.05) is 35.7 Å². The summed E-state index contributed by atoms with van der Waals surface area (Å²) in [6.45, 7) is 4.01. The van der Waals surface area contributed by atoms with Crippen LogP contribution in [0.25, 0.3) is 0 Å². The Morgan fingerprint density at radius 1 is 0.941 bits per heavy atom. The summed E-state index contributed by atoms with van der Waals surface area (Å²) in [4.78, 5) is 30.4. The molecule has 8 nitrogen and oxygen atoms in total. The van der Waals surface area contributed by atoms with Gasteiger partial charge in [-0.2, -0.15) is 5.10 Å². The molecule has 0 unspecified atom stereocenters. The van der Waals surface area contributed by atoms with Crippen molar-refractivity contribution in [1.82, 2.24) is 15.1 Å². The van der Waals surface area contributed by atoms with Crippen LogP contribution in [-0.4, -0.2) is 41.9 Å². The number of rotatable bonds is 7. The molecule has 9 heteroatoms. The fraction of sp³-hybridized carbons (Fsp3) is 0.240. The van der Waals surface area contributed by atoms with Crippen LogP contribution in [0.3, 0.4) is 0 Å². The van der Waals surface area contributed by atoms with E-state index in [2.05, 4.69) is 32.3 Å². The monoisotopic (exact) mass is 475 g/mol. The van der Waals surface area contributed by atoms with Gasteiger partial charge in [-0.05, 0) is 41.8 Å². The number of benzene rings is 1. The van der Waals surface area contributed by atoms with Crippen LogP contribution in [0.4, 0.5) is 11.5 Å². The van der Waals surface area contributed by atoms with E-state index in [4.69, 9.17) is 4.42 Å². The highest BCUT2D eigenvalue weighted by Gasteiger charge is 2.19. The Kier molecular flexibility index (Phi) is 6.44. The lowest BCUT2D eigenvalue weighted by Crippen LogP contribution is -2.47. The molecule has 5 rings (SSSR count). The van der Waals surface area contributed by atoms with Gasteiger partial charge >= 0.3 is 0 Å². The molecule has 0 spiro atoms. The molecule has 4 heterocycles. The Bertz CT molecular complexity index is 1290. The van der Waals surface area contributed by atoms with Gasteiger partial charge in [0.15, 0.2) is 5.76 Å². The predicted octanol–water partition coefficient (Wildman–Crippen LogP) is 3.20. The van der Waals surface area contributed by atoms with Gasteiger partial charge in [-0.1, -0.05) is 24.3 Å². The number of carbonyl (C=O) groups excluding carboxylic acids is 1. The standard InChI is InChI=1S/C25H25N5O3S/c31-24-11-10-23(29-14-12-28(13-15-29)19-5-2-1-3-6-19)27-30(24)18-20-8-9-22(33-20)25(32)26-17-21-7-4-16-34-21/h1-11,16H,12-15,17-18H2,(H,26,32). The summed E-state index contributed by atoms with van der Waals surface area (Å²) in [6.07, 6.45) is 0. The molecular weight excluding hydrogens is 450 g/mol. The maximum atomic E-state index is 12.4. The van der Waals surface area contributed by atoms with E-state index in [1.54, 1.807) is 29.5 Å². The Balaban J connectivity index is 1.22. The fourth-order valence-corrected chi connectivity index (χ4v) is 4.60. The third kappa shape index (κ3) is 5.04. The summed E-state index contributed by atoms with van der Waals surface area (Å²) in [5.41, 5.74) is 1.000. The Morgan fingerprint density at radius 2 is 1.74 bits per heavy atom. The van der Waals surface area contributed by atoms with Gasteiger partial charge in [0.1, 0.15) is 18.1 Å². The number of amides is 1. The summed E-state index contributed by atoms with van der Waals surface area (Å²) in [6, 6.07) is 20.9. The number of hydrogen-bond donors (Lipinski definition) is 1. The van der Waals surface area contributed by atoms with E-state index in [-0.39, 0.29) is 23.8 Å². The van der Waals surface area contributed by atoms with Crippen molar-refractivity contribution in [1.29, 1.82) is 0 Å². The molecule has 3 aromatic heterocycles. The van der Waals surface area contributed by atoms with Crippen LogP contribution >= 0.6 is 11.3 Å². The van der Waals surface area contributed by atoms with Gasteiger partial charge in [0.25, 0.3) is 11.5 Å². The Morgan fingerprint density at radius 3 is 2.50 bits per heavy atom. The number of anilines is 2. The summed E-state index contributed by atoms with van der Waals surface area (Å²) in [7, 11) is 0. The predicted molar refractivity (Wildman–Crippen MR) is 133 cm³/mol. The largest absolute Gasteiger partial charge is 0.454 e. The number of nitrogens with one attached hydrogen (secondary N) is 1. The van der Waals surface area contributed by atoms with Crippen molar-refractivity contribution in [2.24, 2.45) is 0 Å². The van der Waals surface area contributed by atoms with Crippen LogP contribution in [0.5, 0.6) is 0 Å². The molecule has 1 aliphatic rings. The van der Waals surface area contributed by atoms with Gasteiger partial charge in [0.05, 0.1) is 6.54 Å². The zero-order chi connectivity index (χ0) is 23.3. The molecule has 1 fully saturated rings. The van der Waals surface area contributed by atoms with Crippen LogP contribution < -0.4 is 20.7 Å². The first-order valence-electron chi connectivity index (χ1n) is 11.2. The van der Waals surface area contributed by atoms with E-state index in [1.165, 1.54) is 16.4 Å². The van der Waals surface area contributed by atoms with Crippen molar-refractivity contribution in [2.45, 2.75) is 13.1 Å². The third-order valence-electron chi connectivity index (χ3n) is 5.77. The molecule has 0 saturated carbocycles. The van der Waals surface area contributed by atoms with Crippen molar-refractivity contribution < 1.29 is 9.21 Å². The molecule has 0 aliphatic carbocycles. The summed E-state index contributed by atoms with van der Waals surface area (Å²) in [5.74, 6) is 1.19. The topological polar surface area (TPSA) is 83.6 Å². The van der Waals surface area contributed by atoms with Gasteiger partial charge in [-0.15, -0.1) is 11.3 Å². The Hall–Kier alpha value is -3.85. The molecule has 0 atom stereocenters. The van der Waals surface area contributed by atoms with Crippen LogP contribution in [0.2, 0.25) is 0 Å². The first kappa shape index (κ1) is 22.0. The summed E-state index contributed by atoms with van der Waals surface area (Å²) >= 11 is 1.58. The lowest BCUT2D eigenvalue weighted by Gasteiger charge is -2.36. The van der Waals surface area contributed by atoms with Crippen LogP contribution in [0.15, 0.2) is 81.3 Å². The van der Waals surface area contributed by atoms with Crippen molar-refractivity contribution in [2.75, 3.05) is 36.0 Å². The zero-order valence-electron chi connectivity index (χ0n) is 18.6. The first-order chi connectivity index (χ1) is 16.7. The molecule has 1 amide bonds. The highest BCUT2D eigenvalue weighted by molar-refractivity contribution is 7.09. The second kappa shape index (κ2) is 9.96. The van der Waals surface area contributed by atoms with Crippen LogP contribution in [0.1, 0.15) is 21.2 Å². The number of aromatic nitrogens is 2. The lowest BCUT2D eigenvalue weighted by molar-refractivity contribution is 0.0921. The van der Waals surface area contributed by atoms with Crippen LogP contribution in [0, 0.1) is 0 Å². The third-order valence-corrected chi connectivity index (χ3v) is 6.65. The first-order valence-corrected chi connectivity index (χ1v) is 12.1.